The van der Waals surface area contributed by atoms with Crippen LogP contribution in [0.3, 0.4) is 0 Å². The van der Waals surface area contributed by atoms with Crippen LogP contribution in [0.5, 0.6) is 0 Å². The lowest BCUT2D eigenvalue weighted by atomic mass is 9.93. The number of methoxy groups -OCH3 is 1. The second-order valence-corrected chi connectivity index (χ2v) is 5.01. The topological polar surface area (TPSA) is 29.5 Å². The van der Waals surface area contributed by atoms with Crippen LogP contribution in [0.15, 0.2) is 22.7 Å². The van der Waals surface area contributed by atoms with Gasteiger partial charge in [0.1, 0.15) is 5.82 Å². The molecule has 0 radical (unpaired) electrons. The zero-order valence-corrected chi connectivity index (χ0v) is 11.1. The Morgan fingerprint density at radius 1 is 1.50 bits per heavy atom. The lowest BCUT2D eigenvalue weighted by Gasteiger charge is -2.23. The molecular formula is C12H16BrFO2. The molecule has 0 heterocycles. The van der Waals surface area contributed by atoms with Crippen molar-refractivity contribution in [3.63, 3.8) is 0 Å². The predicted octanol–water partition coefficient (Wildman–Crippen LogP) is 2.92. The Hall–Kier alpha value is -0.450. The van der Waals surface area contributed by atoms with E-state index >= 15 is 0 Å². The Bertz CT molecular complexity index is 353. The first kappa shape index (κ1) is 13.6. The normalized spacial score (nSPS) is 14.8. The number of aliphatic hydroxyl groups is 1. The van der Waals surface area contributed by atoms with Gasteiger partial charge in [-0.3, -0.25) is 0 Å². The molecular weight excluding hydrogens is 275 g/mol. The number of hydrogen-bond acceptors (Lipinski definition) is 2. The lowest BCUT2D eigenvalue weighted by Crippen LogP contribution is -2.29. The van der Waals surface area contributed by atoms with E-state index in [1.165, 1.54) is 12.1 Å². The highest BCUT2D eigenvalue weighted by molar-refractivity contribution is 9.10. The van der Waals surface area contributed by atoms with Crippen molar-refractivity contribution in [2.24, 2.45) is 0 Å². The van der Waals surface area contributed by atoms with E-state index < -0.39 is 5.60 Å². The van der Waals surface area contributed by atoms with Gasteiger partial charge in [-0.2, -0.15) is 0 Å². The lowest BCUT2D eigenvalue weighted by molar-refractivity contribution is 0.0248. The molecule has 90 valence electrons. The van der Waals surface area contributed by atoms with Crippen molar-refractivity contribution in [1.82, 2.24) is 0 Å². The minimum atomic E-state index is -0.837. The Balaban J connectivity index is 2.71. The van der Waals surface area contributed by atoms with Gasteiger partial charge in [0.2, 0.25) is 0 Å². The molecule has 16 heavy (non-hydrogen) atoms. The molecule has 0 aliphatic carbocycles. The van der Waals surface area contributed by atoms with E-state index in [1.54, 1.807) is 20.1 Å². The molecule has 0 spiro atoms. The summed E-state index contributed by atoms with van der Waals surface area (Å²) in [5.74, 6) is -0.285. The maximum absolute atomic E-state index is 12.9. The number of rotatable bonds is 5. The fraction of sp³-hybridized carbons (Fsp3) is 0.500. The quantitative estimate of drug-likeness (QED) is 0.904. The fourth-order valence-electron chi connectivity index (χ4n) is 1.49. The van der Waals surface area contributed by atoms with E-state index in [0.29, 0.717) is 23.9 Å². The summed E-state index contributed by atoms with van der Waals surface area (Å²) in [6, 6.07) is 4.48. The summed E-state index contributed by atoms with van der Waals surface area (Å²) in [6.07, 6.45) is 1.02. The number of halogens is 2. The van der Waals surface area contributed by atoms with Gasteiger partial charge in [0.15, 0.2) is 0 Å². The van der Waals surface area contributed by atoms with Crippen LogP contribution < -0.4 is 0 Å². The Morgan fingerprint density at radius 2 is 2.19 bits per heavy atom. The summed E-state index contributed by atoms with van der Waals surface area (Å²) in [7, 11) is 1.60. The molecule has 0 bridgehead atoms. The van der Waals surface area contributed by atoms with E-state index in [2.05, 4.69) is 15.9 Å². The summed E-state index contributed by atoms with van der Waals surface area (Å²) in [5.41, 5.74) is 0.0543. The zero-order valence-electron chi connectivity index (χ0n) is 9.46. The molecule has 0 aliphatic rings. The van der Waals surface area contributed by atoms with Gasteiger partial charge in [-0.25, -0.2) is 4.39 Å². The SMILES string of the molecule is COCCC(C)(O)Cc1ccc(F)cc1Br. The highest BCUT2D eigenvalue weighted by Crippen LogP contribution is 2.24. The monoisotopic (exact) mass is 290 g/mol. The van der Waals surface area contributed by atoms with Crippen molar-refractivity contribution in [3.8, 4) is 0 Å². The van der Waals surface area contributed by atoms with Crippen molar-refractivity contribution < 1.29 is 14.2 Å². The molecule has 1 N–H and O–H groups in total. The first-order valence-electron chi connectivity index (χ1n) is 5.10. The molecule has 1 atom stereocenters. The minimum Gasteiger partial charge on any atom is -0.390 e. The van der Waals surface area contributed by atoms with Gasteiger partial charge in [-0.15, -0.1) is 0 Å². The van der Waals surface area contributed by atoms with Crippen LogP contribution in [0.2, 0.25) is 0 Å². The van der Waals surface area contributed by atoms with Crippen LogP contribution in [-0.4, -0.2) is 24.4 Å². The molecule has 4 heteroatoms. The van der Waals surface area contributed by atoms with Gasteiger partial charge in [0.05, 0.1) is 5.60 Å². The van der Waals surface area contributed by atoms with E-state index in [1.807, 2.05) is 0 Å². The van der Waals surface area contributed by atoms with Gasteiger partial charge in [-0.1, -0.05) is 22.0 Å². The van der Waals surface area contributed by atoms with Gasteiger partial charge < -0.3 is 9.84 Å². The highest BCUT2D eigenvalue weighted by Gasteiger charge is 2.21. The van der Waals surface area contributed by atoms with Crippen molar-refractivity contribution >= 4 is 15.9 Å². The summed E-state index contributed by atoms with van der Waals surface area (Å²) in [4.78, 5) is 0. The van der Waals surface area contributed by atoms with E-state index in [0.717, 1.165) is 5.56 Å². The second kappa shape index (κ2) is 5.75. The molecule has 0 aromatic heterocycles. The summed E-state index contributed by atoms with van der Waals surface area (Å²) in [6.45, 7) is 2.26. The number of hydrogen-bond donors (Lipinski definition) is 1. The first-order valence-corrected chi connectivity index (χ1v) is 5.89. The van der Waals surface area contributed by atoms with Crippen molar-refractivity contribution in [2.45, 2.75) is 25.4 Å². The van der Waals surface area contributed by atoms with E-state index in [-0.39, 0.29) is 5.82 Å². The maximum Gasteiger partial charge on any atom is 0.124 e. The first-order chi connectivity index (χ1) is 7.44. The summed E-state index contributed by atoms with van der Waals surface area (Å²) >= 11 is 3.29. The molecule has 0 aliphatic heterocycles. The van der Waals surface area contributed by atoms with Gasteiger partial charge in [0.25, 0.3) is 0 Å². The predicted molar refractivity (Wildman–Crippen MR) is 64.9 cm³/mol. The second-order valence-electron chi connectivity index (χ2n) is 4.15. The minimum absolute atomic E-state index is 0.285. The summed E-state index contributed by atoms with van der Waals surface area (Å²) in [5, 5.41) is 10.1. The molecule has 2 nitrogen and oxygen atoms in total. The Morgan fingerprint density at radius 3 is 2.75 bits per heavy atom. The van der Waals surface area contributed by atoms with Crippen LogP contribution in [-0.2, 0) is 11.2 Å². The summed E-state index contributed by atoms with van der Waals surface area (Å²) < 4.78 is 18.5. The molecule has 0 saturated carbocycles. The Kier molecular flexibility index (Phi) is 4.89. The molecule has 1 aromatic carbocycles. The van der Waals surface area contributed by atoms with Gasteiger partial charge in [-0.05, 0) is 31.0 Å². The third kappa shape index (κ3) is 4.20. The van der Waals surface area contributed by atoms with Crippen molar-refractivity contribution in [2.75, 3.05) is 13.7 Å². The molecule has 1 unspecified atom stereocenters. The average Bonchev–Trinajstić information content (AvgIpc) is 2.19. The average molecular weight is 291 g/mol. The van der Waals surface area contributed by atoms with Crippen LogP contribution in [0.1, 0.15) is 18.9 Å². The third-order valence-corrected chi connectivity index (χ3v) is 3.17. The van der Waals surface area contributed by atoms with Gasteiger partial charge in [0, 0.05) is 24.6 Å². The number of benzene rings is 1. The molecule has 0 saturated heterocycles. The van der Waals surface area contributed by atoms with Crippen molar-refractivity contribution in [1.29, 1.82) is 0 Å². The highest BCUT2D eigenvalue weighted by atomic mass is 79.9. The molecule has 0 fully saturated rings. The van der Waals surface area contributed by atoms with Crippen LogP contribution in [0.25, 0.3) is 0 Å². The molecule has 1 rings (SSSR count). The Labute approximate surface area is 104 Å². The van der Waals surface area contributed by atoms with E-state index in [4.69, 9.17) is 4.74 Å². The van der Waals surface area contributed by atoms with E-state index in [9.17, 15) is 9.50 Å². The molecule has 0 amide bonds. The van der Waals surface area contributed by atoms with Crippen LogP contribution in [0.4, 0.5) is 4.39 Å². The largest absolute Gasteiger partial charge is 0.390 e. The van der Waals surface area contributed by atoms with Gasteiger partial charge >= 0.3 is 0 Å². The van der Waals surface area contributed by atoms with Crippen LogP contribution >= 0.6 is 15.9 Å². The zero-order chi connectivity index (χ0) is 12.2. The fourth-order valence-corrected chi connectivity index (χ4v) is 1.98. The smallest absolute Gasteiger partial charge is 0.124 e. The maximum atomic E-state index is 12.9. The third-order valence-electron chi connectivity index (χ3n) is 2.43. The number of ether oxygens (including phenoxy) is 1. The standard InChI is InChI=1S/C12H16BrFO2/c1-12(15,5-6-16-2)8-9-3-4-10(14)7-11(9)13/h3-4,7,15H,5-6,8H2,1-2H3. The van der Waals surface area contributed by atoms with Crippen molar-refractivity contribution in [3.05, 3.63) is 34.1 Å². The van der Waals surface area contributed by atoms with Crippen LogP contribution in [0, 0.1) is 5.82 Å². The molecule has 1 aromatic rings.